The van der Waals surface area contributed by atoms with Crippen LogP contribution in [0.15, 0.2) is 42.5 Å². The fourth-order valence-corrected chi connectivity index (χ4v) is 2.99. The van der Waals surface area contributed by atoms with E-state index in [0.29, 0.717) is 28.0 Å². The lowest BCUT2D eigenvalue weighted by atomic mass is 10.1. The van der Waals surface area contributed by atoms with Gasteiger partial charge in [-0.15, -0.1) is 5.10 Å². The normalized spacial score (nSPS) is 10.6. The molecule has 2 aromatic carbocycles. The van der Waals surface area contributed by atoms with Crippen molar-refractivity contribution in [1.82, 2.24) is 15.4 Å². The number of hydrogen-bond acceptors (Lipinski definition) is 5. The Morgan fingerprint density at radius 1 is 1.12 bits per heavy atom. The molecule has 8 heteroatoms. The Kier molecular flexibility index (Phi) is 5.75. The van der Waals surface area contributed by atoms with Crippen LogP contribution in [0.1, 0.15) is 23.0 Å². The smallest absolute Gasteiger partial charge is 0.361 e. The molecule has 134 valence electrons. The molecule has 3 rings (SSSR count). The number of hydrogen-bond donors (Lipinski definition) is 1. The van der Waals surface area contributed by atoms with Gasteiger partial charge >= 0.3 is 5.97 Å². The number of nitrogens with zero attached hydrogens (tertiary/aromatic N) is 2. The molecule has 0 fully saturated rings. The Balaban J connectivity index is 1.87. The Labute approximate surface area is 160 Å². The van der Waals surface area contributed by atoms with E-state index < -0.39 is 5.97 Å². The number of esters is 1. The van der Waals surface area contributed by atoms with Crippen molar-refractivity contribution >= 4 is 29.2 Å². The maximum Gasteiger partial charge on any atom is 0.361 e. The minimum absolute atomic E-state index is 0.0219. The molecule has 1 N–H and O–H groups in total. The molecule has 0 bridgehead atoms. The number of halogens is 2. The topological polar surface area (TPSA) is 77.1 Å². The first-order valence-electron chi connectivity index (χ1n) is 7.84. The van der Waals surface area contributed by atoms with E-state index in [4.69, 9.17) is 32.7 Å². The number of aromatic amines is 1. The van der Waals surface area contributed by atoms with Gasteiger partial charge in [0.25, 0.3) is 0 Å². The molecule has 0 atom stereocenters. The summed E-state index contributed by atoms with van der Waals surface area (Å²) in [6.45, 7) is 2.31. The maximum absolute atomic E-state index is 12.0. The first kappa shape index (κ1) is 18.2. The van der Waals surface area contributed by atoms with Crippen LogP contribution in [0.4, 0.5) is 0 Å². The second kappa shape index (κ2) is 8.21. The van der Waals surface area contributed by atoms with E-state index in [2.05, 4.69) is 15.4 Å². The first-order chi connectivity index (χ1) is 12.6. The molecule has 6 nitrogen and oxygen atoms in total. The Morgan fingerprint density at radius 3 is 2.46 bits per heavy atom. The summed E-state index contributed by atoms with van der Waals surface area (Å²) in [5.41, 5.74) is 1.66. The molecule has 1 aromatic heterocycles. The van der Waals surface area contributed by atoms with Crippen molar-refractivity contribution in [3.05, 3.63) is 63.8 Å². The quantitative estimate of drug-likeness (QED) is 0.624. The molecule has 26 heavy (non-hydrogen) atoms. The van der Waals surface area contributed by atoms with Gasteiger partial charge in [-0.2, -0.15) is 10.3 Å². The molecule has 0 spiro atoms. The van der Waals surface area contributed by atoms with Gasteiger partial charge in [-0.1, -0.05) is 53.5 Å². The summed E-state index contributed by atoms with van der Waals surface area (Å²) in [7, 11) is 0. The number of carbonyl (C=O) groups excluding carboxylic acids is 1. The summed E-state index contributed by atoms with van der Waals surface area (Å²) in [4.78, 5) is 12.0. The fourth-order valence-electron chi connectivity index (χ4n) is 2.35. The summed E-state index contributed by atoms with van der Waals surface area (Å²) in [6.07, 6.45) is 0. The van der Waals surface area contributed by atoms with E-state index in [-0.39, 0.29) is 18.0 Å². The molecule has 0 amide bonds. The summed E-state index contributed by atoms with van der Waals surface area (Å²) < 4.78 is 10.7. The van der Waals surface area contributed by atoms with Crippen molar-refractivity contribution in [3.63, 3.8) is 0 Å². The van der Waals surface area contributed by atoms with Crippen LogP contribution in [-0.2, 0) is 11.3 Å². The van der Waals surface area contributed by atoms with Crippen LogP contribution in [-0.4, -0.2) is 28.0 Å². The average molecular weight is 392 g/mol. The number of carbonyl (C=O) groups is 1. The van der Waals surface area contributed by atoms with Gasteiger partial charge in [0.15, 0.2) is 5.69 Å². The second-order valence-electron chi connectivity index (χ2n) is 5.28. The molecule has 0 aliphatic heterocycles. The van der Waals surface area contributed by atoms with Crippen molar-refractivity contribution in [2.45, 2.75) is 13.5 Å². The van der Waals surface area contributed by atoms with Gasteiger partial charge in [-0.25, -0.2) is 4.79 Å². The predicted octanol–water partition coefficient (Wildman–Crippen LogP) is 4.53. The highest BCUT2D eigenvalue weighted by atomic mass is 35.5. The lowest BCUT2D eigenvalue weighted by molar-refractivity contribution is 0.0520. The molecule has 0 saturated heterocycles. The van der Waals surface area contributed by atoms with Crippen LogP contribution in [0.5, 0.6) is 5.75 Å². The standard InChI is InChI=1S/C18H15Cl2N3O3/c1-2-25-18(24)17-16(21-23-22-17)15-13(19)8-12(9-14(15)20)26-10-11-6-4-3-5-7-11/h3-9H,2,10H2,1H3,(H,21,22,23). The number of rotatable bonds is 6. The van der Waals surface area contributed by atoms with Gasteiger partial charge in [0.1, 0.15) is 18.1 Å². The van der Waals surface area contributed by atoms with Crippen LogP contribution in [0.2, 0.25) is 10.0 Å². The van der Waals surface area contributed by atoms with E-state index in [1.165, 1.54) is 0 Å². The average Bonchev–Trinajstić information content (AvgIpc) is 3.10. The lowest BCUT2D eigenvalue weighted by Crippen LogP contribution is -2.07. The van der Waals surface area contributed by atoms with Crippen LogP contribution < -0.4 is 4.74 Å². The lowest BCUT2D eigenvalue weighted by Gasteiger charge is -2.11. The highest BCUT2D eigenvalue weighted by molar-refractivity contribution is 6.39. The number of ether oxygens (including phenoxy) is 2. The van der Waals surface area contributed by atoms with Crippen LogP contribution >= 0.6 is 23.2 Å². The third-order valence-electron chi connectivity index (χ3n) is 3.52. The number of H-pyrrole nitrogens is 1. The van der Waals surface area contributed by atoms with Crippen molar-refractivity contribution < 1.29 is 14.3 Å². The van der Waals surface area contributed by atoms with Crippen LogP contribution in [0.3, 0.4) is 0 Å². The number of aromatic nitrogens is 3. The van der Waals surface area contributed by atoms with Crippen LogP contribution in [0.25, 0.3) is 11.3 Å². The molecule has 0 radical (unpaired) electrons. The first-order valence-corrected chi connectivity index (χ1v) is 8.59. The maximum atomic E-state index is 12.0. The third kappa shape index (κ3) is 3.98. The zero-order valence-electron chi connectivity index (χ0n) is 13.8. The fraction of sp³-hybridized carbons (Fsp3) is 0.167. The van der Waals surface area contributed by atoms with Crippen molar-refractivity contribution in [1.29, 1.82) is 0 Å². The highest BCUT2D eigenvalue weighted by Crippen LogP contribution is 2.38. The van der Waals surface area contributed by atoms with Crippen molar-refractivity contribution in [3.8, 4) is 17.0 Å². The van der Waals surface area contributed by atoms with Gasteiger partial charge in [0.2, 0.25) is 0 Å². The Bertz CT molecular complexity index is 890. The zero-order valence-corrected chi connectivity index (χ0v) is 15.3. The van der Waals surface area contributed by atoms with Gasteiger partial charge in [0, 0.05) is 5.56 Å². The van der Waals surface area contributed by atoms with E-state index in [9.17, 15) is 4.79 Å². The molecular formula is C18H15Cl2N3O3. The summed E-state index contributed by atoms with van der Waals surface area (Å²) in [5.74, 6) is -0.0958. The van der Waals surface area contributed by atoms with Crippen molar-refractivity contribution in [2.75, 3.05) is 6.61 Å². The molecule has 3 aromatic rings. The summed E-state index contributed by atoms with van der Waals surface area (Å²) in [5, 5.41) is 10.8. The Morgan fingerprint density at radius 2 is 1.81 bits per heavy atom. The monoisotopic (exact) mass is 391 g/mol. The van der Waals surface area contributed by atoms with Gasteiger partial charge in [0.05, 0.1) is 16.7 Å². The predicted molar refractivity (Wildman–Crippen MR) is 98.6 cm³/mol. The van der Waals surface area contributed by atoms with E-state index in [1.54, 1.807) is 19.1 Å². The molecule has 1 heterocycles. The zero-order chi connectivity index (χ0) is 18.5. The molecule has 0 saturated carbocycles. The number of nitrogens with one attached hydrogen (secondary N) is 1. The van der Waals surface area contributed by atoms with Gasteiger partial charge < -0.3 is 9.47 Å². The summed E-state index contributed by atoms with van der Waals surface area (Å²) >= 11 is 12.7. The van der Waals surface area contributed by atoms with Crippen molar-refractivity contribution in [2.24, 2.45) is 0 Å². The largest absolute Gasteiger partial charge is 0.489 e. The SMILES string of the molecule is CCOC(=O)c1n[nH]nc1-c1c(Cl)cc(OCc2ccccc2)cc1Cl. The highest BCUT2D eigenvalue weighted by Gasteiger charge is 2.23. The molecule has 0 unspecified atom stereocenters. The minimum atomic E-state index is -0.604. The van der Waals surface area contributed by atoms with E-state index in [0.717, 1.165) is 5.56 Å². The number of benzene rings is 2. The van der Waals surface area contributed by atoms with E-state index >= 15 is 0 Å². The van der Waals surface area contributed by atoms with Gasteiger partial charge in [-0.05, 0) is 24.6 Å². The summed E-state index contributed by atoms with van der Waals surface area (Å²) in [6, 6.07) is 13.0. The molecule has 0 aliphatic rings. The Hall–Kier alpha value is -2.57. The minimum Gasteiger partial charge on any atom is -0.489 e. The molecular weight excluding hydrogens is 377 g/mol. The van der Waals surface area contributed by atoms with Crippen LogP contribution in [0, 0.1) is 0 Å². The van der Waals surface area contributed by atoms with Gasteiger partial charge in [-0.3, -0.25) is 0 Å². The third-order valence-corrected chi connectivity index (χ3v) is 4.11. The second-order valence-corrected chi connectivity index (χ2v) is 6.09. The molecule has 0 aliphatic carbocycles. The van der Waals surface area contributed by atoms with E-state index in [1.807, 2.05) is 30.3 Å².